The van der Waals surface area contributed by atoms with E-state index in [1.54, 1.807) is 6.33 Å². The largest absolute Gasteiger partial charge is 0.357 e. The number of nitrogens with one attached hydrogen (secondary N) is 1. The van der Waals surface area contributed by atoms with Crippen LogP contribution in [-0.2, 0) is 13.6 Å². The van der Waals surface area contributed by atoms with Gasteiger partial charge in [0.1, 0.15) is 12.9 Å². The van der Waals surface area contributed by atoms with Crippen molar-refractivity contribution in [3.8, 4) is 0 Å². The zero-order valence-corrected chi connectivity index (χ0v) is 17.2. The first kappa shape index (κ1) is 20.2. The summed E-state index contributed by atoms with van der Waals surface area (Å²) < 4.78 is 1.92. The maximum atomic E-state index is 4.75. The van der Waals surface area contributed by atoms with Gasteiger partial charge in [-0.05, 0) is 25.2 Å². The third kappa shape index (κ3) is 5.32. The molecule has 1 saturated heterocycles. The predicted octanol–water partition coefficient (Wildman–Crippen LogP) is 2.66. The van der Waals surface area contributed by atoms with Gasteiger partial charge in [0.25, 0.3) is 0 Å². The van der Waals surface area contributed by atoms with Crippen molar-refractivity contribution >= 4 is 29.9 Å². The van der Waals surface area contributed by atoms with E-state index in [0.717, 1.165) is 43.3 Å². The summed E-state index contributed by atoms with van der Waals surface area (Å²) in [6.45, 7) is 10.4. The molecule has 6 nitrogen and oxygen atoms in total. The normalized spacial score (nSPS) is 18.4. The SMILES string of the molecule is CCNC(=NCc1nncn1C)N1CCC(C(CC)CC)C1.I. The highest BCUT2D eigenvalue weighted by Crippen LogP contribution is 2.28. The van der Waals surface area contributed by atoms with Crippen molar-refractivity contribution in [2.24, 2.45) is 23.9 Å². The van der Waals surface area contributed by atoms with Crippen molar-refractivity contribution in [1.82, 2.24) is 25.0 Å². The van der Waals surface area contributed by atoms with E-state index < -0.39 is 0 Å². The molecule has 0 spiro atoms. The third-order valence-electron chi connectivity index (χ3n) is 4.75. The summed E-state index contributed by atoms with van der Waals surface area (Å²) in [5, 5.41) is 11.4. The lowest BCUT2D eigenvalue weighted by Gasteiger charge is -2.24. The number of aliphatic imine (C=N–C) groups is 1. The standard InChI is InChI=1S/C16H30N6.HI/c1-5-13(6-2)14-8-9-22(11-14)16(17-7-3)18-10-15-20-19-12-21(15)4;/h12-14H,5-11H2,1-4H3,(H,17,18);1H. The molecule has 2 heterocycles. The third-order valence-corrected chi connectivity index (χ3v) is 4.75. The Kier molecular flexibility index (Phi) is 8.86. The Morgan fingerprint density at radius 1 is 1.39 bits per heavy atom. The molecule has 0 aromatic carbocycles. The Balaban J connectivity index is 0.00000264. The second kappa shape index (κ2) is 10.1. The van der Waals surface area contributed by atoms with Gasteiger partial charge in [-0.25, -0.2) is 4.99 Å². The highest BCUT2D eigenvalue weighted by molar-refractivity contribution is 14.0. The molecule has 1 aliphatic heterocycles. The lowest BCUT2D eigenvalue weighted by molar-refractivity contribution is 0.319. The second-order valence-electron chi connectivity index (χ2n) is 6.10. The van der Waals surface area contributed by atoms with Crippen LogP contribution in [0.2, 0.25) is 0 Å². The van der Waals surface area contributed by atoms with E-state index >= 15 is 0 Å². The number of halogens is 1. The molecule has 132 valence electrons. The van der Waals surface area contributed by atoms with Crippen LogP contribution in [0.3, 0.4) is 0 Å². The van der Waals surface area contributed by atoms with Crippen LogP contribution in [0.5, 0.6) is 0 Å². The Labute approximate surface area is 157 Å². The average Bonchev–Trinajstić information content (AvgIpc) is 3.15. The number of guanidine groups is 1. The van der Waals surface area contributed by atoms with Crippen molar-refractivity contribution < 1.29 is 0 Å². The quantitative estimate of drug-likeness (QED) is 0.425. The highest BCUT2D eigenvalue weighted by Gasteiger charge is 2.29. The molecule has 1 unspecified atom stereocenters. The molecule has 0 aliphatic carbocycles. The summed E-state index contributed by atoms with van der Waals surface area (Å²) in [5.74, 6) is 3.55. The molecule has 1 aliphatic rings. The number of nitrogens with zero attached hydrogens (tertiary/aromatic N) is 5. The average molecular weight is 434 g/mol. The zero-order chi connectivity index (χ0) is 15.9. The predicted molar refractivity (Wildman–Crippen MR) is 105 cm³/mol. The minimum Gasteiger partial charge on any atom is -0.357 e. The molecule has 2 rings (SSSR count). The first-order valence-electron chi connectivity index (χ1n) is 8.55. The van der Waals surface area contributed by atoms with Crippen LogP contribution >= 0.6 is 24.0 Å². The molecular formula is C16H31IN6. The molecule has 1 aromatic heterocycles. The van der Waals surface area contributed by atoms with Crippen molar-refractivity contribution in [3.05, 3.63) is 12.2 Å². The fraction of sp³-hybridized carbons (Fsp3) is 0.812. The van der Waals surface area contributed by atoms with Gasteiger partial charge in [0, 0.05) is 26.7 Å². The molecule has 1 fully saturated rings. The minimum absolute atomic E-state index is 0. The van der Waals surface area contributed by atoms with E-state index in [0.29, 0.717) is 6.54 Å². The number of rotatable bonds is 6. The van der Waals surface area contributed by atoms with Crippen molar-refractivity contribution in [3.63, 3.8) is 0 Å². The number of aryl methyl sites for hydroxylation is 1. The topological polar surface area (TPSA) is 58.3 Å². The van der Waals surface area contributed by atoms with Gasteiger partial charge < -0.3 is 14.8 Å². The summed E-state index contributed by atoms with van der Waals surface area (Å²) in [4.78, 5) is 7.16. The Morgan fingerprint density at radius 2 is 2.13 bits per heavy atom. The number of likely N-dealkylation sites (tertiary alicyclic amines) is 1. The van der Waals surface area contributed by atoms with Gasteiger partial charge in [-0.15, -0.1) is 34.2 Å². The van der Waals surface area contributed by atoms with Crippen molar-refractivity contribution in [1.29, 1.82) is 0 Å². The number of hydrogen-bond donors (Lipinski definition) is 1. The van der Waals surface area contributed by atoms with Crippen LogP contribution in [0.15, 0.2) is 11.3 Å². The zero-order valence-electron chi connectivity index (χ0n) is 14.8. The monoisotopic (exact) mass is 434 g/mol. The van der Waals surface area contributed by atoms with Gasteiger partial charge in [-0.1, -0.05) is 26.7 Å². The van der Waals surface area contributed by atoms with Crippen LogP contribution in [0.4, 0.5) is 0 Å². The van der Waals surface area contributed by atoms with Gasteiger partial charge in [0.05, 0.1) is 0 Å². The summed E-state index contributed by atoms with van der Waals surface area (Å²) in [6, 6.07) is 0. The van der Waals surface area contributed by atoms with Crippen molar-refractivity contribution in [2.45, 2.75) is 46.6 Å². The summed E-state index contributed by atoms with van der Waals surface area (Å²) in [7, 11) is 1.96. The first-order valence-corrected chi connectivity index (χ1v) is 8.55. The second-order valence-corrected chi connectivity index (χ2v) is 6.10. The summed E-state index contributed by atoms with van der Waals surface area (Å²) in [6.07, 6.45) is 5.56. The Hall–Kier alpha value is -0.860. The molecule has 23 heavy (non-hydrogen) atoms. The van der Waals surface area contributed by atoms with E-state index in [-0.39, 0.29) is 24.0 Å². The molecular weight excluding hydrogens is 403 g/mol. The smallest absolute Gasteiger partial charge is 0.194 e. The van der Waals surface area contributed by atoms with E-state index in [9.17, 15) is 0 Å². The number of hydrogen-bond acceptors (Lipinski definition) is 3. The van der Waals surface area contributed by atoms with Gasteiger partial charge in [-0.3, -0.25) is 0 Å². The molecule has 0 radical (unpaired) electrons. The van der Waals surface area contributed by atoms with Crippen LogP contribution < -0.4 is 5.32 Å². The van der Waals surface area contributed by atoms with E-state index in [1.807, 2.05) is 11.6 Å². The van der Waals surface area contributed by atoms with Gasteiger partial charge in [0.15, 0.2) is 11.8 Å². The van der Waals surface area contributed by atoms with Gasteiger partial charge >= 0.3 is 0 Å². The maximum absolute atomic E-state index is 4.75. The van der Waals surface area contributed by atoms with E-state index in [4.69, 9.17) is 4.99 Å². The van der Waals surface area contributed by atoms with Crippen LogP contribution in [-0.4, -0.2) is 45.3 Å². The van der Waals surface area contributed by atoms with Crippen LogP contribution in [0.25, 0.3) is 0 Å². The van der Waals surface area contributed by atoms with Gasteiger partial charge in [0.2, 0.25) is 0 Å². The maximum Gasteiger partial charge on any atom is 0.194 e. The van der Waals surface area contributed by atoms with Gasteiger partial charge in [-0.2, -0.15) is 0 Å². The molecule has 1 N–H and O–H groups in total. The lowest BCUT2D eigenvalue weighted by atomic mass is 9.87. The minimum atomic E-state index is 0. The van der Waals surface area contributed by atoms with Crippen LogP contribution in [0, 0.1) is 11.8 Å². The van der Waals surface area contributed by atoms with E-state index in [2.05, 4.69) is 41.2 Å². The molecule has 0 amide bonds. The molecule has 1 aromatic rings. The Bertz CT molecular complexity index is 483. The lowest BCUT2D eigenvalue weighted by Crippen LogP contribution is -2.40. The highest BCUT2D eigenvalue weighted by atomic mass is 127. The fourth-order valence-corrected chi connectivity index (χ4v) is 3.34. The van der Waals surface area contributed by atoms with Crippen molar-refractivity contribution in [2.75, 3.05) is 19.6 Å². The molecule has 0 bridgehead atoms. The summed E-state index contributed by atoms with van der Waals surface area (Å²) >= 11 is 0. The first-order chi connectivity index (χ1) is 10.7. The Morgan fingerprint density at radius 3 is 2.70 bits per heavy atom. The fourth-order valence-electron chi connectivity index (χ4n) is 3.34. The molecule has 7 heteroatoms. The summed E-state index contributed by atoms with van der Waals surface area (Å²) in [5.41, 5.74) is 0. The number of aromatic nitrogens is 3. The molecule has 0 saturated carbocycles. The van der Waals surface area contributed by atoms with Crippen LogP contribution in [0.1, 0.15) is 45.9 Å². The molecule has 1 atom stereocenters. The van der Waals surface area contributed by atoms with E-state index in [1.165, 1.54) is 19.3 Å².